The van der Waals surface area contributed by atoms with Crippen molar-refractivity contribution in [3.05, 3.63) is 59.4 Å². The maximum absolute atomic E-state index is 5.51. The number of aromatic nitrogens is 1. The standard InChI is InChI=1S/C20H26N4S/c1-15-6-7-16(2)19(13-15)23-20(25)22-17-8-11-24(12-9-17)14-18-5-3-4-10-21-18/h3-7,10,13,17H,8-9,11-12,14H2,1-2H3,(H2,22,23,25). The van der Waals surface area contributed by atoms with Crippen LogP contribution in [0.2, 0.25) is 0 Å². The van der Waals surface area contributed by atoms with E-state index in [4.69, 9.17) is 12.2 Å². The molecule has 0 radical (unpaired) electrons. The maximum Gasteiger partial charge on any atom is 0.171 e. The van der Waals surface area contributed by atoms with Crippen LogP contribution in [-0.2, 0) is 6.54 Å². The fraction of sp³-hybridized carbons (Fsp3) is 0.400. The molecule has 3 rings (SSSR count). The normalized spacial score (nSPS) is 15.8. The van der Waals surface area contributed by atoms with Gasteiger partial charge in [0.2, 0.25) is 0 Å². The van der Waals surface area contributed by atoms with Crippen LogP contribution in [0.3, 0.4) is 0 Å². The third-order valence-corrected chi connectivity index (χ3v) is 4.90. The molecule has 1 aromatic carbocycles. The summed E-state index contributed by atoms with van der Waals surface area (Å²) in [6.45, 7) is 7.26. The Morgan fingerprint density at radius 3 is 2.72 bits per heavy atom. The lowest BCUT2D eigenvalue weighted by atomic mass is 10.1. The van der Waals surface area contributed by atoms with E-state index in [0.29, 0.717) is 6.04 Å². The second-order valence-corrected chi connectivity index (χ2v) is 7.20. The van der Waals surface area contributed by atoms with Crippen molar-refractivity contribution < 1.29 is 0 Å². The van der Waals surface area contributed by atoms with Gasteiger partial charge in [-0.2, -0.15) is 0 Å². The van der Waals surface area contributed by atoms with Crippen molar-refractivity contribution in [3.8, 4) is 0 Å². The lowest BCUT2D eigenvalue weighted by Crippen LogP contribution is -2.45. The quantitative estimate of drug-likeness (QED) is 0.820. The molecule has 2 N–H and O–H groups in total. The van der Waals surface area contributed by atoms with E-state index in [0.717, 1.165) is 49.0 Å². The Balaban J connectivity index is 1.45. The van der Waals surface area contributed by atoms with Crippen LogP contribution in [0.15, 0.2) is 42.6 Å². The molecule has 0 saturated carbocycles. The van der Waals surface area contributed by atoms with Crippen LogP contribution in [0.5, 0.6) is 0 Å². The van der Waals surface area contributed by atoms with Gasteiger partial charge in [0.25, 0.3) is 0 Å². The second-order valence-electron chi connectivity index (χ2n) is 6.79. The van der Waals surface area contributed by atoms with Crippen molar-refractivity contribution >= 4 is 23.0 Å². The van der Waals surface area contributed by atoms with Gasteiger partial charge in [-0.3, -0.25) is 9.88 Å². The SMILES string of the molecule is Cc1ccc(C)c(NC(=S)NC2CCN(Cc3ccccn3)CC2)c1. The summed E-state index contributed by atoms with van der Waals surface area (Å²) in [5, 5.41) is 7.54. The van der Waals surface area contributed by atoms with Crippen molar-refractivity contribution in [1.29, 1.82) is 0 Å². The summed E-state index contributed by atoms with van der Waals surface area (Å²) in [6.07, 6.45) is 4.06. The van der Waals surface area contributed by atoms with E-state index in [9.17, 15) is 0 Å². The van der Waals surface area contributed by atoms with Crippen LogP contribution in [-0.4, -0.2) is 34.1 Å². The predicted octanol–water partition coefficient (Wildman–Crippen LogP) is 3.65. The molecule has 0 unspecified atom stereocenters. The number of aryl methyl sites for hydroxylation is 2. The number of piperidine rings is 1. The monoisotopic (exact) mass is 354 g/mol. The van der Waals surface area contributed by atoms with E-state index in [1.54, 1.807) is 0 Å². The Kier molecular flexibility index (Phi) is 6.00. The zero-order valence-corrected chi connectivity index (χ0v) is 15.8. The van der Waals surface area contributed by atoms with Crippen molar-refractivity contribution in [2.75, 3.05) is 18.4 Å². The average Bonchev–Trinajstić information content (AvgIpc) is 2.61. The highest BCUT2D eigenvalue weighted by atomic mass is 32.1. The molecule has 4 nitrogen and oxygen atoms in total. The molecule has 0 atom stereocenters. The molecular formula is C20H26N4S. The molecule has 1 aliphatic heterocycles. The smallest absolute Gasteiger partial charge is 0.171 e. The first-order valence-electron chi connectivity index (χ1n) is 8.87. The topological polar surface area (TPSA) is 40.2 Å². The van der Waals surface area contributed by atoms with Crippen LogP contribution in [0.4, 0.5) is 5.69 Å². The molecule has 1 aliphatic rings. The van der Waals surface area contributed by atoms with Crippen molar-refractivity contribution in [2.24, 2.45) is 0 Å². The van der Waals surface area contributed by atoms with Crippen LogP contribution in [0.25, 0.3) is 0 Å². The van der Waals surface area contributed by atoms with Gasteiger partial charge in [-0.05, 0) is 68.2 Å². The van der Waals surface area contributed by atoms with Gasteiger partial charge in [0.1, 0.15) is 0 Å². The number of nitrogens with zero attached hydrogens (tertiary/aromatic N) is 2. The molecule has 25 heavy (non-hydrogen) atoms. The highest BCUT2D eigenvalue weighted by Crippen LogP contribution is 2.17. The molecule has 1 saturated heterocycles. The second kappa shape index (κ2) is 8.41. The lowest BCUT2D eigenvalue weighted by molar-refractivity contribution is 0.197. The largest absolute Gasteiger partial charge is 0.360 e. The zero-order chi connectivity index (χ0) is 17.6. The molecule has 2 heterocycles. The van der Waals surface area contributed by atoms with E-state index < -0.39 is 0 Å². The Bertz CT molecular complexity index is 709. The van der Waals surface area contributed by atoms with E-state index >= 15 is 0 Å². The fourth-order valence-electron chi connectivity index (χ4n) is 3.17. The van der Waals surface area contributed by atoms with Crippen molar-refractivity contribution in [2.45, 2.75) is 39.3 Å². The maximum atomic E-state index is 5.51. The minimum absolute atomic E-state index is 0.435. The number of nitrogens with one attached hydrogen (secondary N) is 2. The molecule has 1 aromatic heterocycles. The average molecular weight is 355 g/mol. The minimum atomic E-state index is 0.435. The number of pyridine rings is 1. The summed E-state index contributed by atoms with van der Waals surface area (Å²) in [5.74, 6) is 0. The van der Waals surface area contributed by atoms with Gasteiger partial charge in [0.05, 0.1) is 5.69 Å². The summed E-state index contributed by atoms with van der Waals surface area (Å²) in [7, 11) is 0. The Labute approximate surface area is 155 Å². The van der Waals surface area contributed by atoms with Crippen LogP contribution in [0.1, 0.15) is 29.7 Å². The van der Waals surface area contributed by atoms with Crippen molar-refractivity contribution in [3.63, 3.8) is 0 Å². The number of likely N-dealkylation sites (tertiary alicyclic amines) is 1. The van der Waals surface area contributed by atoms with E-state index in [-0.39, 0.29) is 0 Å². The molecular weight excluding hydrogens is 328 g/mol. The number of hydrogen-bond donors (Lipinski definition) is 2. The lowest BCUT2D eigenvalue weighted by Gasteiger charge is -2.32. The number of hydrogen-bond acceptors (Lipinski definition) is 3. The van der Waals surface area contributed by atoms with Crippen LogP contribution < -0.4 is 10.6 Å². The minimum Gasteiger partial charge on any atom is -0.360 e. The summed E-state index contributed by atoms with van der Waals surface area (Å²) < 4.78 is 0. The van der Waals surface area contributed by atoms with E-state index in [1.165, 1.54) is 11.1 Å². The molecule has 2 aromatic rings. The molecule has 0 bridgehead atoms. The van der Waals surface area contributed by atoms with Gasteiger partial charge in [0.15, 0.2) is 5.11 Å². The number of rotatable bonds is 4. The highest BCUT2D eigenvalue weighted by Gasteiger charge is 2.20. The first-order chi connectivity index (χ1) is 12.1. The summed E-state index contributed by atoms with van der Waals surface area (Å²) in [5.41, 5.74) is 4.67. The van der Waals surface area contributed by atoms with Crippen LogP contribution in [0, 0.1) is 13.8 Å². The van der Waals surface area contributed by atoms with Crippen LogP contribution >= 0.6 is 12.2 Å². The summed E-state index contributed by atoms with van der Waals surface area (Å²) in [6, 6.07) is 12.9. The summed E-state index contributed by atoms with van der Waals surface area (Å²) in [4.78, 5) is 6.87. The van der Waals surface area contributed by atoms with Gasteiger partial charge in [-0.1, -0.05) is 18.2 Å². The summed E-state index contributed by atoms with van der Waals surface area (Å²) >= 11 is 5.51. The first-order valence-corrected chi connectivity index (χ1v) is 9.28. The Morgan fingerprint density at radius 1 is 1.20 bits per heavy atom. The van der Waals surface area contributed by atoms with Gasteiger partial charge in [0, 0.05) is 37.6 Å². The van der Waals surface area contributed by atoms with Gasteiger partial charge in [-0.15, -0.1) is 0 Å². The predicted molar refractivity (Wildman–Crippen MR) is 108 cm³/mol. The molecule has 132 valence electrons. The van der Waals surface area contributed by atoms with Gasteiger partial charge < -0.3 is 10.6 Å². The van der Waals surface area contributed by atoms with Gasteiger partial charge >= 0.3 is 0 Å². The third-order valence-electron chi connectivity index (χ3n) is 4.68. The first kappa shape index (κ1) is 17.8. The Morgan fingerprint density at radius 2 is 2.00 bits per heavy atom. The number of anilines is 1. The molecule has 1 fully saturated rings. The number of benzene rings is 1. The Hall–Kier alpha value is -1.98. The van der Waals surface area contributed by atoms with E-state index in [2.05, 4.69) is 58.6 Å². The van der Waals surface area contributed by atoms with E-state index in [1.807, 2.05) is 18.3 Å². The zero-order valence-electron chi connectivity index (χ0n) is 15.0. The molecule has 0 aliphatic carbocycles. The number of thiocarbonyl (C=S) groups is 1. The van der Waals surface area contributed by atoms with Crippen molar-refractivity contribution in [1.82, 2.24) is 15.2 Å². The van der Waals surface area contributed by atoms with Gasteiger partial charge in [-0.25, -0.2) is 0 Å². The molecule has 0 spiro atoms. The molecule has 5 heteroatoms. The third kappa shape index (κ3) is 5.25. The fourth-order valence-corrected chi connectivity index (χ4v) is 3.45. The highest BCUT2D eigenvalue weighted by molar-refractivity contribution is 7.80. The molecule has 0 amide bonds.